The van der Waals surface area contributed by atoms with Crippen molar-refractivity contribution in [3.63, 3.8) is 0 Å². The summed E-state index contributed by atoms with van der Waals surface area (Å²) in [6.45, 7) is 5.97. The zero-order valence-corrected chi connectivity index (χ0v) is 8.42. The standard InChI is InChI=1S/C12H15O/c1-4-12(2,3)11(13)10-8-6-5-7-9-10/h5-8H,4H2,1-3H3. The molecule has 0 atom stereocenters. The minimum atomic E-state index is -0.266. The van der Waals surface area contributed by atoms with Gasteiger partial charge >= 0.3 is 0 Å². The van der Waals surface area contributed by atoms with Crippen molar-refractivity contribution in [1.82, 2.24) is 0 Å². The molecule has 0 aliphatic heterocycles. The average Bonchev–Trinajstić information content (AvgIpc) is 2.18. The predicted molar refractivity (Wildman–Crippen MR) is 53.7 cm³/mol. The summed E-state index contributed by atoms with van der Waals surface area (Å²) in [7, 11) is 0. The molecule has 1 heteroatoms. The van der Waals surface area contributed by atoms with Gasteiger partial charge in [-0.3, -0.25) is 4.79 Å². The Morgan fingerprint density at radius 2 is 2.15 bits per heavy atom. The van der Waals surface area contributed by atoms with Crippen LogP contribution < -0.4 is 0 Å². The van der Waals surface area contributed by atoms with E-state index in [0.29, 0.717) is 5.56 Å². The maximum atomic E-state index is 11.9. The van der Waals surface area contributed by atoms with Crippen molar-refractivity contribution in [2.45, 2.75) is 27.2 Å². The molecule has 0 amide bonds. The van der Waals surface area contributed by atoms with E-state index in [1.807, 2.05) is 39.0 Å². The Hall–Kier alpha value is -1.11. The van der Waals surface area contributed by atoms with Crippen LogP contribution in [0, 0.1) is 11.5 Å². The summed E-state index contributed by atoms with van der Waals surface area (Å²) in [5.74, 6) is 0.176. The first-order chi connectivity index (χ1) is 6.08. The first-order valence-electron chi connectivity index (χ1n) is 4.59. The first-order valence-corrected chi connectivity index (χ1v) is 4.59. The second-order valence-corrected chi connectivity index (χ2v) is 3.84. The highest BCUT2D eigenvalue weighted by atomic mass is 16.1. The highest BCUT2D eigenvalue weighted by Gasteiger charge is 2.25. The molecule has 13 heavy (non-hydrogen) atoms. The normalized spacial score (nSPS) is 11.3. The van der Waals surface area contributed by atoms with E-state index in [-0.39, 0.29) is 11.2 Å². The second kappa shape index (κ2) is 3.73. The van der Waals surface area contributed by atoms with Gasteiger partial charge in [0.15, 0.2) is 5.78 Å². The lowest BCUT2D eigenvalue weighted by atomic mass is 9.82. The number of hydrogen-bond donors (Lipinski definition) is 0. The van der Waals surface area contributed by atoms with E-state index in [1.165, 1.54) is 0 Å². The molecule has 1 rings (SSSR count). The van der Waals surface area contributed by atoms with Gasteiger partial charge in [0.25, 0.3) is 0 Å². The van der Waals surface area contributed by atoms with E-state index in [9.17, 15) is 4.79 Å². The van der Waals surface area contributed by atoms with Gasteiger partial charge in [-0.05, 0) is 12.5 Å². The molecule has 0 heterocycles. The number of Topliss-reactive ketones (excluding diaryl/α,β-unsaturated/α-hetero) is 1. The molecular formula is C12H15O. The number of benzene rings is 1. The van der Waals surface area contributed by atoms with Crippen molar-refractivity contribution in [2.24, 2.45) is 5.41 Å². The van der Waals surface area contributed by atoms with Gasteiger partial charge in [0, 0.05) is 11.0 Å². The summed E-state index contributed by atoms with van der Waals surface area (Å²) < 4.78 is 0. The summed E-state index contributed by atoms with van der Waals surface area (Å²) in [5.41, 5.74) is 0.423. The third-order valence-corrected chi connectivity index (χ3v) is 2.45. The quantitative estimate of drug-likeness (QED) is 0.645. The molecule has 0 aromatic heterocycles. The molecule has 0 saturated heterocycles. The van der Waals surface area contributed by atoms with Crippen LogP contribution in [0.25, 0.3) is 0 Å². The molecule has 1 aromatic rings. The van der Waals surface area contributed by atoms with Gasteiger partial charge in [0.2, 0.25) is 0 Å². The Labute approximate surface area is 79.8 Å². The molecule has 0 aliphatic carbocycles. The Morgan fingerprint density at radius 3 is 2.62 bits per heavy atom. The highest BCUT2D eigenvalue weighted by Crippen LogP contribution is 2.24. The fourth-order valence-corrected chi connectivity index (χ4v) is 1.06. The summed E-state index contributed by atoms with van der Waals surface area (Å²) in [4.78, 5) is 11.9. The Bertz CT molecular complexity index is 285. The molecule has 0 bridgehead atoms. The zero-order valence-electron chi connectivity index (χ0n) is 8.42. The van der Waals surface area contributed by atoms with Crippen molar-refractivity contribution >= 4 is 5.78 Å². The third-order valence-electron chi connectivity index (χ3n) is 2.45. The van der Waals surface area contributed by atoms with Crippen LogP contribution >= 0.6 is 0 Å². The highest BCUT2D eigenvalue weighted by molar-refractivity contribution is 5.99. The smallest absolute Gasteiger partial charge is 0.169 e. The minimum Gasteiger partial charge on any atom is -0.294 e. The fourth-order valence-electron chi connectivity index (χ4n) is 1.06. The van der Waals surface area contributed by atoms with E-state index in [2.05, 4.69) is 6.07 Å². The Morgan fingerprint density at radius 1 is 1.46 bits per heavy atom. The second-order valence-electron chi connectivity index (χ2n) is 3.84. The van der Waals surface area contributed by atoms with Crippen molar-refractivity contribution in [2.75, 3.05) is 0 Å². The first kappa shape index (κ1) is 9.97. The predicted octanol–water partition coefficient (Wildman–Crippen LogP) is 3.11. The summed E-state index contributed by atoms with van der Waals surface area (Å²) in [5, 5.41) is 0. The summed E-state index contributed by atoms with van der Waals surface area (Å²) in [6, 6.07) is 10.3. The van der Waals surface area contributed by atoms with E-state index in [1.54, 1.807) is 6.07 Å². The lowest BCUT2D eigenvalue weighted by Crippen LogP contribution is -2.23. The Kier molecular flexibility index (Phi) is 2.86. The van der Waals surface area contributed by atoms with Crippen LogP contribution in [0.4, 0.5) is 0 Å². The van der Waals surface area contributed by atoms with Gasteiger partial charge in [-0.25, -0.2) is 0 Å². The molecule has 69 valence electrons. The minimum absolute atomic E-state index is 0.176. The molecule has 1 aromatic carbocycles. The van der Waals surface area contributed by atoms with Gasteiger partial charge in [0.1, 0.15) is 0 Å². The largest absolute Gasteiger partial charge is 0.294 e. The van der Waals surface area contributed by atoms with Gasteiger partial charge in [-0.2, -0.15) is 0 Å². The maximum Gasteiger partial charge on any atom is 0.169 e. The Balaban J connectivity index is 2.93. The van der Waals surface area contributed by atoms with E-state index >= 15 is 0 Å². The topological polar surface area (TPSA) is 17.1 Å². The summed E-state index contributed by atoms with van der Waals surface area (Å²) in [6.07, 6.45) is 0.856. The molecular weight excluding hydrogens is 160 g/mol. The van der Waals surface area contributed by atoms with Crippen molar-refractivity contribution in [3.05, 3.63) is 35.9 Å². The number of hydrogen-bond acceptors (Lipinski definition) is 1. The molecule has 1 nitrogen and oxygen atoms in total. The monoisotopic (exact) mass is 175 g/mol. The fraction of sp³-hybridized carbons (Fsp3) is 0.417. The summed E-state index contributed by atoms with van der Waals surface area (Å²) >= 11 is 0. The lowest BCUT2D eigenvalue weighted by Gasteiger charge is -2.20. The molecule has 1 radical (unpaired) electrons. The molecule has 0 aliphatic rings. The van der Waals surface area contributed by atoms with E-state index in [0.717, 1.165) is 6.42 Å². The van der Waals surface area contributed by atoms with Crippen LogP contribution in [0.5, 0.6) is 0 Å². The van der Waals surface area contributed by atoms with Crippen molar-refractivity contribution in [1.29, 1.82) is 0 Å². The van der Waals surface area contributed by atoms with E-state index in [4.69, 9.17) is 0 Å². The number of ketones is 1. The molecule has 0 N–H and O–H groups in total. The van der Waals surface area contributed by atoms with Crippen LogP contribution in [-0.4, -0.2) is 5.78 Å². The maximum absolute atomic E-state index is 11.9. The zero-order chi connectivity index (χ0) is 9.90. The molecule has 0 fully saturated rings. The van der Waals surface area contributed by atoms with Gasteiger partial charge in [-0.15, -0.1) is 0 Å². The van der Waals surface area contributed by atoms with Crippen LogP contribution in [0.1, 0.15) is 37.6 Å². The number of rotatable bonds is 3. The van der Waals surface area contributed by atoms with Crippen molar-refractivity contribution in [3.8, 4) is 0 Å². The van der Waals surface area contributed by atoms with Gasteiger partial charge < -0.3 is 0 Å². The van der Waals surface area contributed by atoms with Crippen molar-refractivity contribution < 1.29 is 4.79 Å². The van der Waals surface area contributed by atoms with Crippen LogP contribution in [0.15, 0.2) is 24.3 Å². The number of carbonyl (C=O) groups is 1. The van der Waals surface area contributed by atoms with Crippen LogP contribution in [0.2, 0.25) is 0 Å². The van der Waals surface area contributed by atoms with Crippen LogP contribution in [-0.2, 0) is 0 Å². The SMILES string of the molecule is CCC(C)(C)C(=O)c1[c]cccc1. The lowest BCUT2D eigenvalue weighted by molar-refractivity contribution is 0.0832. The van der Waals surface area contributed by atoms with Crippen LogP contribution in [0.3, 0.4) is 0 Å². The van der Waals surface area contributed by atoms with Gasteiger partial charge in [0.05, 0.1) is 0 Å². The third kappa shape index (κ3) is 2.18. The average molecular weight is 175 g/mol. The number of carbonyl (C=O) groups excluding carboxylic acids is 1. The molecule has 0 unspecified atom stereocenters. The van der Waals surface area contributed by atoms with Gasteiger partial charge in [-0.1, -0.05) is 45.0 Å². The molecule has 0 spiro atoms. The molecule has 0 saturated carbocycles. The van der Waals surface area contributed by atoms with E-state index < -0.39 is 0 Å².